The zero-order valence-corrected chi connectivity index (χ0v) is 10.5. The molecule has 0 unspecified atom stereocenters. The number of aromatic nitrogens is 1. The lowest BCUT2D eigenvalue weighted by atomic mass is 10.2. The second-order valence-corrected chi connectivity index (χ2v) is 4.29. The number of nitrogens with zero attached hydrogens (tertiary/aromatic N) is 1. The highest BCUT2D eigenvalue weighted by Gasteiger charge is 2.07. The summed E-state index contributed by atoms with van der Waals surface area (Å²) in [4.78, 5) is 22.5. The van der Waals surface area contributed by atoms with Crippen LogP contribution < -0.4 is 5.32 Å². The Bertz CT molecular complexity index is 599. The normalized spacial score (nSPS) is 10.2. The summed E-state index contributed by atoms with van der Waals surface area (Å²) in [5.74, 6) is -1.20. The Labute approximate surface area is 110 Å². The molecule has 0 bridgehead atoms. The van der Waals surface area contributed by atoms with Crippen molar-refractivity contribution < 1.29 is 14.7 Å². The van der Waals surface area contributed by atoms with Gasteiger partial charge in [-0.15, -0.1) is 0 Å². The third kappa shape index (κ3) is 3.45. The van der Waals surface area contributed by atoms with E-state index in [9.17, 15) is 9.59 Å². The molecule has 0 aliphatic heterocycles. The van der Waals surface area contributed by atoms with Crippen LogP contribution in [-0.2, 0) is 11.3 Å². The zero-order chi connectivity index (χ0) is 13.8. The van der Waals surface area contributed by atoms with Gasteiger partial charge in [0, 0.05) is 18.1 Å². The Morgan fingerprint density at radius 2 is 1.89 bits per heavy atom. The van der Waals surface area contributed by atoms with Crippen LogP contribution in [0, 0.1) is 6.92 Å². The van der Waals surface area contributed by atoms with Gasteiger partial charge in [0.15, 0.2) is 0 Å². The number of anilines is 1. The molecule has 5 heteroatoms. The fourth-order valence-corrected chi connectivity index (χ4v) is 1.67. The van der Waals surface area contributed by atoms with Gasteiger partial charge in [0.05, 0.1) is 5.56 Å². The van der Waals surface area contributed by atoms with Crippen molar-refractivity contribution in [2.24, 2.45) is 0 Å². The summed E-state index contributed by atoms with van der Waals surface area (Å²) < 4.78 is 1.53. The Hall–Kier alpha value is -2.56. The van der Waals surface area contributed by atoms with Gasteiger partial charge in [-0.2, -0.15) is 0 Å². The number of nitrogens with one attached hydrogen (secondary N) is 1. The van der Waals surface area contributed by atoms with E-state index in [0.717, 1.165) is 11.3 Å². The number of aryl methyl sites for hydroxylation is 1. The van der Waals surface area contributed by atoms with E-state index in [2.05, 4.69) is 5.32 Å². The fraction of sp³-hybridized carbons (Fsp3) is 0.143. The molecule has 0 spiro atoms. The van der Waals surface area contributed by atoms with Gasteiger partial charge in [0.2, 0.25) is 5.91 Å². The summed E-state index contributed by atoms with van der Waals surface area (Å²) >= 11 is 0. The van der Waals surface area contributed by atoms with Crippen molar-refractivity contribution in [3.05, 3.63) is 53.9 Å². The molecule has 5 nitrogen and oxygen atoms in total. The molecule has 0 atom stereocenters. The van der Waals surface area contributed by atoms with Gasteiger partial charge in [0.25, 0.3) is 0 Å². The maximum Gasteiger partial charge on any atom is 0.337 e. The van der Waals surface area contributed by atoms with E-state index in [1.54, 1.807) is 6.20 Å². The Balaban J connectivity index is 1.97. The number of amides is 1. The smallest absolute Gasteiger partial charge is 0.337 e. The van der Waals surface area contributed by atoms with Crippen LogP contribution in [0.5, 0.6) is 0 Å². The van der Waals surface area contributed by atoms with Gasteiger partial charge in [-0.1, -0.05) is 17.7 Å². The fourth-order valence-electron chi connectivity index (χ4n) is 1.67. The van der Waals surface area contributed by atoms with Crippen LogP contribution in [0.25, 0.3) is 0 Å². The van der Waals surface area contributed by atoms with Crippen molar-refractivity contribution in [3.63, 3.8) is 0 Å². The predicted molar refractivity (Wildman–Crippen MR) is 71.2 cm³/mol. The highest BCUT2D eigenvalue weighted by molar-refractivity contribution is 5.91. The van der Waals surface area contributed by atoms with Crippen LogP contribution in [0.15, 0.2) is 42.7 Å². The van der Waals surface area contributed by atoms with Crippen LogP contribution >= 0.6 is 0 Å². The average molecular weight is 258 g/mol. The van der Waals surface area contributed by atoms with Gasteiger partial charge in [-0.05, 0) is 25.1 Å². The van der Waals surface area contributed by atoms with Crippen LogP contribution in [0.2, 0.25) is 0 Å². The molecular weight excluding hydrogens is 244 g/mol. The van der Waals surface area contributed by atoms with E-state index in [0.29, 0.717) is 0 Å². The summed E-state index contributed by atoms with van der Waals surface area (Å²) in [6.07, 6.45) is 3.00. The molecular formula is C14H14N2O3. The number of hydrogen-bond donors (Lipinski definition) is 2. The van der Waals surface area contributed by atoms with Crippen molar-refractivity contribution in [2.75, 3.05) is 5.32 Å². The maximum atomic E-state index is 11.8. The molecule has 0 saturated heterocycles. The molecule has 98 valence electrons. The third-order valence-corrected chi connectivity index (χ3v) is 2.66. The summed E-state index contributed by atoms with van der Waals surface area (Å²) in [6, 6.07) is 8.93. The minimum atomic E-state index is -1.00. The minimum Gasteiger partial charge on any atom is -0.478 e. The lowest BCUT2D eigenvalue weighted by Crippen LogP contribution is -2.17. The van der Waals surface area contributed by atoms with Crippen molar-refractivity contribution in [2.45, 2.75) is 13.5 Å². The first-order valence-electron chi connectivity index (χ1n) is 5.80. The lowest BCUT2D eigenvalue weighted by Gasteiger charge is -2.06. The van der Waals surface area contributed by atoms with Crippen molar-refractivity contribution in [3.8, 4) is 0 Å². The van der Waals surface area contributed by atoms with Gasteiger partial charge in [-0.3, -0.25) is 4.79 Å². The standard InChI is InChI=1S/C14H14N2O3/c1-10-2-4-12(5-3-10)15-13(17)9-16-7-6-11(8-16)14(18)19/h2-8H,9H2,1H3,(H,15,17)(H,18,19). The number of carboxylic acids is 1. The number of carbonyl (C=O) groups is 2. The SMILES string of the molecule is Cc1ccc(NC(=O)Cn2ccc(C(=O)O)c2)cc1. The number of rotatable bonds is 4. The zero-order valence-electron chi connectivity index (χ0n) is 10.5. The lowest BCUT2D eigenvalue weighted by molar-refractivity contribution is -0.116. The van der Waals surface area contributed by atoms with E-state index >= 15 is 0 Å². The highest BCUT2D eigenvalue weighted by Crippen LogP contribution is 2.09. The van der Waals surface area contributed by atoms with Crippen LogP contribution in [0.1, 0.15) is 15.9 Å². The molecule has 1 amide bonds. The van der Waals surface area contributed by atoms with Crippen molar-refractivity contribution in [1.29, 1.82) is 0 Å². The molecule has 0 aliphatic carbocycles. The van der Waals surface area contributed by atoms with Gasteiger partial charge >= 0.3 is 5.97 Å². The molecule has 2 aromatic rings. The largest absolute Gasteiger partial charge is 0.478 e. The van der Waals surface area contributed by atoms with E-state index in [1.807, 2.05) is 31.2 Å². The average Bonchev–Trinajstić information content (AvgIpc) is 2.80. The molecule has 19 heavy (non-hydrogen) atoms. The van der Waals surface area contributed by atoms with E-state index in [-0.39, 0.29) is 18.0 Å². The second kappa shape index (κ2) is 5.39. The minimum absolute atomic E-state index is 0.0845. The first-order valence-corrected chi connectivity index (χ1v) is 5.80. The molecule has 0 saturated carbocycles. The number of hydrogen-bond acceptors (Lipinski definition) is 2. The van der Waals surface area contributed by atoms with Crippen molar-refractivity contribution in [1.82, 2.24) is 4.57 Å². The van der Waals surface area contributed by atoms with Gasteiger partial charge in [-0.25, -0.2) is 4.79 Å². The molecule has 0 radical (unpaired) electrons. The predicted octanol–water partition coefficient (Wildman–Crippen LogP) is 2.13. The summed E-state index contributed by atoms with van der Waals surface area (Å²) in [5.41, 5.74) is 2.01. The number of carboxylic acid groups (broad SMARTS) is 1. The quantitative estimate of drug-likeness (QED) is 0.882. The van der Waals surface area contributed by atoms with E-state index in [1.165, 1.54) is 16.8 Å². The molecule has 2 N–H and O–H groups in total. The van der Waals surface area contributed by atoms with Crippen LogP contribution in [0.4, 0.5) is 5.69 Å². The number of benzene rings is 1. The van der Waals surface area contributed by atoms with E-state index < -0.39 is 5.97 Å². The first-order chi connectivity index (χ1) is 9.04. The Kier molecular flexibility index (Phi) is 3.66. The summed E-state index contributed by atoms with van der Waals surface area (Å²) in [5, 5.41) is 11.5. The maximum absolute atomic E-state index is 11.8. The molecule has 2 rings (SSSR count). The summed E-state index contributed by atoms with van der Waals surface area (Å²) in [7, 11) is 0. The number of carbonyl (C=O) groups excluding carboxylic acids is 1. The molecule has 1 aromatic heterocycles. The van der Waals surface area contributed by atoms with Crippen LogP contribution in [0.3, 0.4) is 0 Å². The van der Waals surface area contributed by atoms with E-state index in [4.69, 9.17) is 5.11 Å². The van der Waals surface area contributed by atoms with Crippen molar-refractivity contribution >= 4 is 17.6 Å². The Morgan fingerprint density at radius 3 is 2.47 bits per heavy atom. The molecule has 0 fully saturated rings. The number of aromatic carboxylic acids is 1. The van der Waals surface area contributed by atoms with Gasteiger partial charge < -0.3 is 15.0 Å². The third-order valence-electron chi connectivity index (χ3n) is 2.66. The summed E-state index contributed by atoms with van der Waals surface area (Å²) in [6.45, 7) is 2.06. The monoisotopic (exact) mass is 258 g/mol. The molecule has 0 aliphatic rings. The Morgan fingerprint density at radius 1 is 1.21 bits per heavy atom. The van der Waals surface area contributed by atoms with Crippen LogP contribution in [-0.4, -0.2) is 21.6 Å². The second-order valence-electron chi connectivity index (χ2n) is 4.29. The highest BCUT2D eigenvalue weighted by atomic mass is 16.4. The molecule has 1 heterocycles. The first kappa shape index (κ1) is 12.9. The molecule has 1 aromatic carbocycles. The van der Waals surface area contributed by atoms with Gasteiger partial charge in [0.1, 0.15) is 6.54 Å². The topological polar surface area (TPSA) is 71.3 Å².